The first-order valence-corrected chi connectivity index (χ1v) is 6.05. The molecule has 2 fully saturated rings. The van der Waals surface area contributed by atoms with Gasteiger partial charge in [0.2, 0.25) is 0 Å². The van der Waals surface area contributed by atoms with E-state index in [9.17, 15) is 0 Å². The number of hydrogen-bond donors (Lipinski definition) is 0. The summed E-state index contributed by atoms with van der Waals surface area (Å²) in [6, 6.07) is 0. The van der Waals surface area contributed by atoms with Crippen molar-refractivity contribution >= 4 is 0 Å². The average molecular weight is 212 g/mol. The summed E-state index contributed by atoms with van der Waals surface area (Å²) in [5, 5.41) is 0. The Morgan fingerprint density at radius 3 is 2.33 bits per heavy atom. The molecule has 2 aliphatic rings. The minimum absolute atomic E-state index is 0.512. The zero-order valence-electron chi connectivity index (χ0n) is 10.3. The van der Waals surface area contributed by atoms with Crippen molar-refractivity contribution in [3.8, 4) is 0 Å². The van der Waals surface area contributed by atoms with Crippen molar-refractivity contribution in [2.75, 3.05) is 46.9 Å². The van der Waals surface area contributed by atoms with E-state index < -0.39 is 0 Å². The molecule has 0 aromatic rings. The average Bonchev–Trinajstić information content (AvgIpc) is 2.17. The molecule has 2 heterocycles. The number of rotatable bonds is 3. The van der Waals surface area contributed by atoms with Gasteiger partial charge in [0.1, 0.15) is 0 Å². The van der Waals surface area contributed by atoms with Gasteiger partial charge in [-0.2, -0.15) is 0 Å². The third-order valence-electron chi connectivity index (χ3n) is 3.78. The fraction of sp³-hybridized carbons (Fsp3) is 1.00. The standard InChI is InChI=1S/C12H24N2O/c1-12(8-13(2)9-12)10-14-6-4-11(15-3)5-7-14/h11H,4-10H2,1-3H3. The van der Waals surface area contributed by atoms with E-state index >= 15 is 0 Å². The van der Waals surface area contributed by atoms with E-state index in [4.69, 9.17) is 4.74 Å². The maximum atomic E-state index is 5.39. The largest absolute Gasteiger partial charge is 0.381 e. The molecule has 0 saturated carbocycles. The number of piperidine rings is 1. The monoisotopic (exact) mass is 212 g/mol. The molecule has 2 rings (SSSR count). The molecule has 0 unspecified atom stereocenters. The van der Waals surface area contributed by atoms with E-state index in [-0.39, 0.29) is 0 Å². The van der Waals surface area contributed by atoms with E-state index in [0.717, 1.165) is 0 Å². The van der Waals surface area contributed by atoms with E-state index in [1.165, 1.54) is 45.6 Å². The Morgan fingerprint density at radius 2 is 1.87 bits per heavy atom. The van der Waals surface area contributed by atoms with Gasteiger partial charge in [0.25, 0.3) is 0 Å². The predicted molar refractivity (Wildman–Crippen MR) is 62.1 cm³/mol. The molecule has 0 atom stereocenters. The molecular formula is C12H24N2O. The van der Waals surface area contributed by atoms with Crippen LogP contribution in [0.2, 0.25) is 0 Å². The first-order valence-electron chi connectivity index (χ1n) is 6.05. The molecule has 0 aromatic heterocycles. The van der Waals surface area contributed by atoms with Gasteiger partial charge in [-0.15, -0.1) is 0 Å². The number of methoxy groups -OCH3 is 1. The van der Waals surface area contributed by atoms with Crippen molar-refractivity contribution in [2.24, 2.45) is 5.41 Å². The van der Waals surface area contributed by atoms with E-state index in [2.05, 4.69) is 23.8 Å². The van der Waals surface area contributed by atoms with Crippen molar-refractivity contribution in [1.82, 2.24) is 9.80 Å². The Hall–Kier alpha value is -0.120. The second kappa shape index (κ2) is 4.40. The molecule has 2 saturated heterocycles. The molecule has 0 N–H and O–H groups in total. The van der Waals surface area contributed by atoms with Gasteiger partial charge in [0.15, 0.2) is 0 Å². The zero-order valence-corrected chi connectivity index (χ0v) is 10.3. The lowest BCUT2D eigenvalue weighted by Crippen LogP contribution is -2.58. The van der Waals surface area contributed by atoms with Crippen molar-refractivity contribution in [3.05, 3.63) is 0 Å². The first kappa shape index (κ1) is 11.4. The lowest BCUT2D eigenvalue weighted by Gasteiger charge is -2.49. The predicted octanol–water partition coefficient (Wildman–Crippen LogP) is 1.05. The molecule has 15 heavy (non-hydrogen) atoms. The molecule has 3 nitrogen and oxygen atoms in total. The van der Waals surface area contributed by atoms with Gasteiger partial charge < -0.3 is 14.5 Å². The summed E-state index contributed by atoms with van der Waals surface area (Å²) in [5.74, 6) is 0. The number of ether oxygens (including phenoxy) is 1. The van der Waals surface area contributed by atoms with Gasteiger partial charge in [-0.05, 0) is 19.9 Å². The Balaban J connectivity index is 1.73. The Labute approximate surface area is 93.4 Å². The van der Waals surface area contributed by atoms with Gasteiger partial charge in [0.05, 0.1) is 6.10 Å². The lowest BCUT2D eigenvalue weighted by molar-refractivity contribution is -0.0186. The summed E-state index contributed by atoms with van der Waals surface area (Å²) < 4.78 is 5.39. The van der Waals surface area contributed by atoms with Crippen LogP contribution in [-0.4, -0.2) is 62.8 Å². The zero-order chi connectivity index (χ0) is 10.9. The quantitative estimate of drug-likeness (QED) is 0.695. The van der Waals surface area contributed by atoms with Crippen molar-refractivity contribution in [2.45, 2.75) is 25.9 Å². The smallest absolute Gasteiger partial charge is 0.0595 e. The molecular weight excluding hydrogens is 188 g/mol. The van der Waals surface area contributed by atoms with Crippen LogP contribution in [0.1, 0.15) is 19.8 Å². The van der Waals surface area contributed by atoms with Crippen molar-refractivity contribution in [1.29, 1.82) is 0 Å². The van der Waals surface area contributed by atoms with Crippen molar-refractivity contribution < 1.29 is 4.74 Å². The highest BCUT2D eigenvalue weighted by molar-refractivity contribution is 4.92. The fourth-order valence-electron chi connectivity index (χ4n) is 3.20. The van der Waals surface area contributed by atoms with Crippen molar-refractivity contribution in [3.63, 3.8) is 0 Å². The summed E-state index contributed by atoms with van der Waals surface area (Å²) in [6.45, 7) is 8.65. The number of hydrogen-bond acceptors (Lipinski definition) is 3. The molecule has 0 spiro atoms. The molecule has 2 aliphatic heterocycles. The minimum atomic E-state index is 0.512. The van der Waals surface area contributed by atoms with Gasteiger partial charge in [-0.25, -0.2) is 0 Å². The second-order valence-corrected chi connectivity index (χ2v) is 5.69. The van der Waals surface area contributed by atoms with Gasteiger partial charge in [0, 0.05) is 45.2 Å². The van der Waals surface area contributed by atoms with E-state index in [0.29, 0.717) is 11.5 Å². The summed E-state index contributed by atoms with van der Waals surface area (Å²) in [5.41, 5.74) is 0.550. The van der Waals surface area contributed by atoms with Crippen LogP contribution in [0.4, 0.5) is 0 Å². The fourth-order valence-corrected chi connectivity index (χ4v) is 3.20. The molecule has 0 aromatic carbocycles. The van der Waals surface area contributed by atoms with Crippen LogP contribution in [0.25, 0.3) is 0 Å². The van der Waals surface area contributed by atoms with Crippen LogP contribution in [0.5, 0.6) is 0 Å². The maximum absolute atomic E-state index is 5.39. The summed E-state index contributed by atoms with van der Waals surface area (Å²) >= 11 is 0. The van der Waals surface area contributed by atoms with Crippen LogP contribution < -0.4 is 0 Å². The lowest BCUT2D eigenvalue weighted by atomic mass is 9.81. The molecule has 0 amide bonds. The summed E-state index contributed by atoms with van der Waals surface area (Å²) in [4.78, 5) is 5.02. The van der Waals surface area contributed by atoms with Crippen LogP contribution in [0.3, 0.4) is 0 Å². The molecule has 0 radical (unpaired) electrons. The van der Waals surface area contributed by atoms with Gasteiger partial charge in [-0.3, -0.25) is 0 Å². The maximum Gasteiger partial charge on any atom is 0.0595 e. The van der Waals surface area contributed by atoms with Crippen LogP contribution >= 0.6 is 0 Å². The highest BCUT2D eigenvalue weighted by Crippen LogP contribution is 2.30. The van der Waals surface area contributed by atoms with Crippen LogP contribution in [0, 0.1) is 5.41 Å². The molecule has 88 valence electrons. The first-order chi connectivity index (χ1) is 7.11. The Kier molecular flexibility index (Phi) is 3.33. The topological polar surface area (TPSA) is 15.7 Å². The van der Waals surface area contributed by atoms with Crippen LogP contribution in [0.15, 0.2) is 0 Å². The second-order valence-electron chi connectivity index (χ2n) is 5.69. The highest BCUT2D eigenvalue weighted by Gasteiger charge is 2.38. The van der Waals surface area contributed by atoms with Crippen LogP contribution in [-0.2, 0) is 4.74 Å². The normalized spacial score (nSPS) is 29.0. The third-order valence-corrected chi connectivity index (χ3v) is 3.78. The molecule has 3 heteroatoms. The summed E-state index contributed by atoms with van der Waals surface area (Å²) in [7, 11) is 4.04. The van der Waals surface area contributed by atoms with E-state index in [1.54, 1.807) is 0 Å². The Bertz CT molecular complexity index is 206. The third kappa shape index (κ3) is 2.71. The Morgan fingerprint density at radius 1 is 1.27 bits per heavy atom. The van der Waals surface area contributed by atoms with Gasteiger partial charge in [-0.1, -0.05) is 6.92 Å². The highest BCUT2D eigenvalue weighted by atomic mass is 16.5. The van der Waals surface area contributed by atoms with Gasteiger partial charge >= 0.3 is 0 Å². The molecule has 0 bridgehead atoms. The molecule has 0 aliphatic carbocycles. The number of likely N-dealkylation sites (tertiary alicyclic amines) is 2. The van der Waals surface area contributed by atoms with E-state index in [1.807, 2.05) is 7.11 Å². The number of nitrogens with zero attached hydrogens (tertiary/aromatic N) is 2. The SMILES string of the molecule is COC1CCN(CC2(C)CN(C)C2)CC1. The summed E-state index contributed by atoms with van der Waals surface area (Å²) in [6.07, 6.45) is 2.93. The minimum Gasteiger partial charge on any atom is -0.381 e.